The van der Waals surface area contributed by atoms with Crippen molar-refractivity contribution in [1.29, 1.82) is 0 Å². The Morgan fingerprint density at radius 3 is 2.35 bits per heavy atom. The molecule has 5 rings (SSSR count). The van der Waals surface area contributed by atoms with Gasteiger partial charge in [-0.1, -0.05) is 36.4 Å². The summed E-state index contributed by atoms with van der Waals surface area (Å²) in [4.78, 5) is 34.2. The van der Waals surface area contributed by atoms with Crippen molar-refractivity contribution < 1.29 is 14.3 Å². The van der Waals surface area contributed by atoms with Gasteiger partial charge in [0.1, 0.15) is 11.6 Å². The molecule has 2 amide bonds. The van der Waals surface area contributed by atoms with E-state index in [0.29, 0.717) is 11.4 Å². The van der Waals surface area contributed by atoms with Crippen LogP contribution in [0.2, 0.25) is 0 Å². The van der Waals surface area contributed by atoms with Crippen molar-refractivity contribution in [3.8, 4) is 5.75 Å². The van der Waals surface area contributed by atoms with E-state index in [1.807, 2.05) is 90.8 Å². The lowest BCUT2D eigenvalue weighted by atomic mass is 10.2. The van der Waals surface area contributed by atoms with Crippen LogP contribution in [0.4, 0.5) is 5.69 Å². The van der Waals surface area contributed by atoms with Gasteiger partial charge in [-0.25, -0.2) is 4.98 Å². The number of nitrogens with one attached hydrogen (secondary N) is 1. The van der Waals surface area contributed by atoms with Crippen molar-refractivity contribution in [2.24, 2.45) is 7.05 Å². The van der Waals surface area contributed by atoms with E-state index in [-0.39, 0.29) is 18.4 Å². The molecule has 0 saturated carbocycles. The second kappa shape index (κ2) is 11.3. The molecule has 1 saturated heterocycles. The summed E-state index contributed by atoms with van der Waals surface area (Å²) in [6.45, 7) is 3.98. The van der Waals surface area contributed by atoms with E-state index < -0.39 is 0 Å². The van der Waals surface area contributed by atoms with Gasteiger partial charge in [0.25, 0.3) is 11.8 Å². The number of aryl methyl sites for hydroxylation is 1. The average Bonchev–Trinajstić information content (AvgIpc) is 3.26. The lowest BCUT2D eigenvalue weighted by molar-refractivity contribution is -0.118. The van der Waals surface area contributed by atoms with Crippen LogP contribution in [0.15, 0.2) is 78.9 Å². The van der Waals surface area contributed by atoms with Gasteiger partial charge in [0.15, 0.2) is 6.61 Å². The largest absolute Gasteiger partial charge is 0.484 e. The van der Waals surface area contributed by atoms with Crippen molar-refractivity contribution in [3.05, 3.63) is 90.3 Å². The zero-order valence-corrected chi connectivity index (χ0v) is 21.0. The Labute approximate surface area is 216 Å². The summed E-state index contributed by atoms with van der Waals surface area (Å²) in [5.41, 5.74) is 3.30. The molecular weight excluding hydrogens is 466 g/mol. The van der Waals surface area contributed by atoms with Gasteiger partial charge in [0, 0.05) is 57.4 Å². The van der Waals surface area contributed by atoms with Crippen LogP contribution in [0.3, 0.4) is 0 Å². The number of imidazole rings is 1. The van der Waals surface area contributed by atoms with Crippen molar-refractivity contribution >= 4 is 28.5 Å². The normalized spacial score (nSPS) is 14.0. The fourth-order valence-corrected chi connectivity index (χ4v) is 4.61. The van der Waals surface area contributed by atoms with Crippen LogP contribution in [-0.4, -0.2) is 70.5 Å². The number of anilines is 1. The van der Waals surface area contributed by atoms with E-state index in [1.54, 1.807) is 0 Å². The number of carbonyl (C=O) groups is 2. The molecule has 8 heteroatoms. The average molecular weight is 498 g/mol. The van der Waals surface area contributed by atoms with Gasteiger partial charge in [0.05, 0.1) is 11.0 Å². The molecule has 8 nitrogen and oxygen atoms in total. The number of piperazine rings is 1. The van der Waals surface area contributed by atoms with E-state index in [1.165, 1.54) is 0 Å². The molecular formula is C29H31N5O3. The zero-order valence-electron chi connectivity index (χ0n) is 21.0. The lowest BCUT2D eigenvalue weighted by Crippen LogP contribution is -2.49. The molecule has 1 aliphatic heterocycles. The van der Waals surface area contributed by atoms with Gasteiger partial charge < -0.3 is 19.5 Å². The van der Waals surface area contributed by atoms with Crippen LogP contribution in [0, 0.1) is 0 Å². The van der Waals surface area contributed by atoms with Crippen LogP contribution < -0.4 is 10.1 Å². The maximum absolute atomic E-state index is 12.7. The number of amides is 2. The number of hydrogen-bond acceptors (Lipinski definition) is 5. The van der Waals surface area contributed by atoms with E-state index in [9.17, 15) is 9.59 Å². The fourth-order valence-electron chi connectivity index (χ4n) is 4.61. The van der Waals surface area contributed by atoms with E-state index in [0.717, 1.165) is 61.6 Å². The number of carbonyl (C=O) groups excluding carboxylic acids is 2. The molecule has 1 aliphatic rings. The third-order valence-corrected chi connectivity index (χ3v) is 6.70. The first-order valence-electron chi connectivity index (χ1n) is 12.6. The molecule has 37 heavy (non-hydrogen) atoms. The molecule has 1 N–H and O–H groups in total. The molecule has 0 atom stereocenters. The van der Waals surface area contributed by atoms with E-state index in [2.05, 4.69) is 14.8 Å². The highest BCUT2D eigenvalue weighted by molar-refractivity contribution is 5.94. The molecule has 0 unspecified atom stereocenters. The maximum atomic E-state index is 12.7. The third-order valence-electron chi connectivity index (χ3n) is 6.70. The Kier molecular flexibility index (Phi) is 7.46. The second-order valence-electron chi connectivity index (χ2n) is 9.19. The van der Waals surface area contributed by atoms with Crippen LogP contribution >= 0.6 is 0 Å². The SMILES string of the molecule is Cn1c(CCN2CCN(C(=O)c3ccccc3)CC2)nc2cc(NC(=O)COc3ccccc3)ccc21. The maximum Gasteiger partial charge on any atom is 0.262 e. The smallest absolute Gasteiger partial charge is 0.262 e. The first-order valence-corrected chi connectivity index (χ1v) is 12.6. The number of benzene rings is 3. The molecule has 190 valence electrons. The molecule has 4 aromatic rings. The highest BCUT2D eigenvalue weighted by atomic mass is 16.5. The summed E-state index contributed by atoms with van der Waals surface area (Å²) in [5.74, 6) is 1.54. The highest BCUT2D eigenvalue weighted by Gasteiger charge is 2.22. The van der Waals surface area contributed by atoms with Gasteiger partial charge in [0.2, 0.25) is 0 Å². The van der Waals surface area contributed by atoms with Gasteiger partial charge in [-0.05, 0) is 42.5 Å². The Morgan fingerprint density at radius 2 is 1.62 bits per heavy atom. The van der Waals surface area contributed by atoms with Crippen molar-refractivity contribution in [2.75, 3.05) is 44.6 Å². The van der Waals surface area contributed by atoms with E-state index >= 15 is 0 Å². The summed E-state index contributed by atoms with van der Waals surface area (Å²) in [6.07, 6.45) is 0.810. The molecule has 2 heterocycles. The number of aromatic nitrogens is 2. The van der Waals surface area contributed by atoms with Crippen molar-refractivity contribution in [3.63, 3.8) is 0 Å². The van der Waals surface area contributed by atoms with Crippen molar-refractivity contribution in [1.82, 2.24) is 19.4 Å². The fraction of sp³-hybridized carbons (Fsp3) is 0.276. The number of hydrogen-bond donors (Lipinski definition) is 1. The number of ether oxygens (including phenoxy) is 1. The minimum absolute atomic E-state index is 0.0558. The number of nitrogens with zero attached hydrogens (tertiary/aromatic N) is 4. The van der Waals surface area contributed by atoms with Crippen LogP contribution in [0.25, 0.3) is 11.0 Å². The Morgan fingerprint density at radius 1 is 0.919 bits per heavy atom. The zero-order chi connectivity index (χ0) is 25.6. The Balaban J connectivity index is 1.13. The third kappa shape index (κ3) is 5.98. The molecule has 0 spiro atoms. The summed E-state index contributed by atoms with van der Waals surface area (Å²) < 4.78 is 7.63. The predicted molar refractivity (Wildman–Crippen MR) is 144 cm³/mol. The summed E-state index contributed by atoms with van der Waals surface area (Å²) in [7, 11) is 2.02. The van der Waals surface area contributed by atoms with Crippen molar-refractivity contribution in [2.45, 2.75) is 6.42 Å². The van der Waals surface area contributed by atoms with Crippen LogP contribution in [0.5, 0.6) is 5.75 Å². The van der Waals surface area contributed by atoms with Gasteiger partial charge >= 0.3 is 0 Å². The topological polar surface area (TPSA) is 79.7 Å². The molecule has 0 bridgehead atoms. The van der Waals surface area contributed by atoms with Gasteiger partial charge in [-0.2, -0.15) is 0 Å². The van der Waals surface area contributed by atoms with Gasteiger partial charge in [-0.15, -0.1) is 0 Å². The minimum Gasteiger partial charge on any atom is -0.484 e. The molecule has 0 aliphatic carbocycles. The van der Waals surface area contributed by atoms with Gasteiger partial charge in [-0.3, -0.25) is 14.5 Å². The molecule has 1 fully saturated rings. The number of fused-ring (bicyclic) bond motifs is 1. The first kappa shape index (κ1) is 24.5. The second-order valence-corrected chi connectivity index (χ2v) is 9.19. The molecule has 0 radical (unpaired) electrons. The molecule has 3 aromatic carbocycles. The Hall–Kier alpha value is -4.17. The number of rotatable bonds is 8. The monoisotopic (exact) mass is 497 g/mol. The van der Waals surface area contributed by atoms with E-state index in [4.69, 9.17) is 9.72 Å². The predicted octanol–water partition coefficient (Wildman–Crippen LogP) is 3.59. The minimum atomic E-state index is -0.218. The highest BCUT2D eigenvalue weighted by Crippen LogP contribution is 2.20. The molecule has 1 aromatic heterocycles. The van der Waals surface area contributed by atoms with Crippen LogP contribution in [0.1, 0.15) is 16.2 Å². The number of para-hydroxylation sites is 1. The summed E-state index contributed by atoms with van der Waals surface area (Å²) in [5, 5.41) is 2.89. The lowest BCUT2D eigenvalue weighted by Gasteiger charge is -2.34. The summed E-state index contributed by atoms with van der Waals surface area (Å²) >= 11 is 0. The quantitative estimate of drug-likeness (QED) is 0.403. The first-order chi connectivity index (χ1) is 18.1. The summed E-state index contributed by atoms with van der Waals surface area (Å²) in [6, 6.07) is 24.5. The standard InChI is InChI=1S/C29H31N5O3/c1-32-26-13-12-23(30-28(35)21-37-24-10-6-3-7-11-24)20-25(26)31-27(32)14-15-33-16-18-34(19-17-33)29(36)22-8-4-2-5-9-22/h2-13,20H,14-19,21H2,1H3,(H,30,35). The Bertz CT molecular complexity index is 1360. The van der Waals surface area contributed by atoms with Crippen LogP contribution in [-0.2, 0) is 18.3 Å².